The van der Waals surface area contributed by atoms with Crippen LogP contribution in [0.4, 0.5) is 0 Å². The molecule has 5 rings (SSSR count). The maximum absolute atomic E-state index is 13.5. The summed E-state index contributed by atoms with van der Waals surface area (Å²) in [5.41, 5.74) is 7.09. The van der Waals surface area contributed by atoms with Gasteiger partial charge in [0.2, 0.25) is 5.76 Å². The number of carbonyl (C=O) groups is 2. The Balaban J connectivity index is 1.62. The molecular weight excluding hydrogens is 422 g/mol. The quantitative estimate of drug-likeness (QED) is 0.492. The summed E-state index contributed by atoms with van der Waals surface area (Å²) >= 11 is 0. The number of hydrogen-bond donors (Lipinski definition) is 1. The Morgan fingerprint density at radius 1 is 1.06 bits per heavy atom. The summed E-state index contributed by atoms with van der Waals surface area (Å²) in [5.74, 6) is -0.453. The Hall–Kier alpha value is -4.46. The zero-order valence-electron chi connectivity index (χ0n) is 17.4. The summed E-state index contributed by atoms with van der Waals surface area (Å²) in [4.78, 5) is 43.6. The highest BCUT2D eigenvalue weighted by atomic mass is 16.5. The summed E-state index contributed by atoms with van der Waals surface area (Å²) in [6.07, 6.45) is 3.34. The van der Waals surface area contributed by atoms with Crippen molar-refractivity contribution in [2.24, 2.45) is 5.73 Å². The van der Waals surface area contributed by atoms with Gasteiger partial charge in [0.15, 0.2) is 12.0 Å². The van der Waals surface area contributed by atoms with E-state index in [9.17, 15) is 14.4 Å². The Kier molecular flexibility index (Phi) is 5.10. The number of carbonyl (C=O) groups excluding carboxylic acids is 2. The number of ether oxygens (including phenoxy) is 1. The molecular formula is C25H19N3O5. The molecule has 2 amide bonds. The molecule has 0 saturated heterocycles. The summed E-state index contributed by atoms with van der Waals surface area (Å²) in [6.45, 7) is 0.00402. The van der Waals surface area contributed by atoms with Gasteiger partial charge in [-0.05, 0) is 41.5 Å². The number of nitrogens with zero attached hydrogens (tertiary/aromatic N) is 2. The van der Waals surface area contributed by atoms with Gasteiger partial charge >= 0.3 is 0 Å². The van der Waals surface area contributed by atoms with Crippen LogP contribution in [0.1, 0.15) is 33.3 Å². The highest BCUT2D eigenvalue weighted by Crippen LogP contribution is 2.39. The molecule has 2 aromatic carbocycles. The molecule has 0 spiro atoms. The molecule has 33 heavy (non-hydrogen) atoms. The number of hydrogen-bond acceptors (Lipinski definition) is 6. The van der Waals surface area contributed by atoms with E-state index in [1.54, 1.807) is 71.9 Å². The van der Waals surface area contributed by atoms with Crippen molar-refractivity contribution >= 4 is 22.8 Å². The van der Waals surface area contributed by atoms with Gasteiger partial charge in [-0.15, -0.1) is 0 Å². The molecule has 0 aliphatic carbocycles. The zero-order chi connectivity index (χ0) is 22.9. The first-order valence-corrected chi connectivity index (χ1v) is 10.3. The minimum absolute atomic E-state index is 0.0432. The van der Waals surface area contributed by atoms with E-state index in [4.69, 9.17) is 14.9 Å². The number of amides is 2. The first kappa shape index (κ1) is 20.4. The second-order valence-electron chi connectivity index (χ2n) is 7.69. The number of fused-ring (bicyclic) bond motifs is 2. The van der Waals surface area contributed by atoms with Crippen LogP contribution >= 0.6 is 0 Å². The van der Waals surface area contributed by atoms with Crippen LogP contribution in [0.15, 0.2) is 82.3 Å². The van der Waals surface area contributed by atoms with Crippen molar-refractivity contribution in [2.45, 2.75) is 12.6 Å². The zero-order valence-corrected chi connectivity index (χ0v) is 17.4. The van der Waals surface area contributed by atoms with E-state index in [1.807, 2.05) is 6.07 Å². The van der Waals surface area contributed by atoms with E-state index in [2.05, 4.69) is 4.98 Å². The lowest BCUT2D eigenvalue weighted by molar-refractivity contribution is -0.119. The number of rotatable bonds is 6. The summed E-state index contributed by atoms with van der Waals surface area (Å²) in [5, 5.41) is 0.415. The molecule has 3 heterocycles. The predicted molar refractivity (Wildman–Crippen MR) is 120 cm³/mol. The van der Waals surface area contributed by atoms with Crippen molar-refractivity contribution in [3.05, 3.63) is 106 Å². The lowest BCUT2D eigenvalue weighted by Gasteiger charge is -2.25. The third kappa shape index (κ3) is 3.71. The van der Waals surface area contributed by atoms with Crippen molar-refractivity contribution in [3.63, 3.8) is 0 Å². The molecule has 8 heteroatoms. The normalized spacial score (nSPS) is 15.0. The minimum atomic E-state index is -0.654. The Morgan fingerprint density at radius 3 is 2.58 bits per heavy atom. The van der Waals surface area contributed by atoms with Crippen molar-refractivity contribution in [3.8, 4) is 5.75 Å². The molecule has 1 aliphatic rings. The summed E-state index contributed by atoms with van der Waals surface area (Å²) in [6, 6.07) is 16.7. The standard InChI is InChI=1S/C25H19N3O5/c26-20(29)14-32-17-9-7-16(8-10-17)22-21-23(30)18-5-1-2-6-19(18)33-24(21)25(31)28(22)13-15-4-3-11-27-12-15/h1-12,22H,13-14H2,(H2,26,29). The van der Waals surface area contributed by atoms with Crippen LogP contribution in [0.25, 0.3) is 11.0 Å². The molecule has 0 fully saturated rings. The lowest BCUT2D eigenvalue weighted by atomic mass is 9.98. The molecule has 1 atom stereocenters. The molecule has 0 bridgehead atoms. The third-order valence-electron chi connectivity index (χ3n) is 5.53. The third-order valence-corrected chi connectivity index (χ3v) is 5.53. The Bertz CT molecular complexity index is 1410. The first-order valence-electron chi connectivity index (χ1n) is 10.3. The van der Waals surface area contributed by atoms with Crippen LogP contribution in [0.2, 0.25) is 0 Å². The van der Waals surface area contributed by atoms with E-state index >= 15 is 0 Å². The average molecular weight is 441 g/mol. The van der Waals surface area contributed by atoms with Gasteiger partial charge in [0, 0.05) is 18.9 Å². The number of aromatic nitrogens is 1. The highest BCUT2D eigenvalue weighted by Gasteiger charge is 2.42. The van der Waals surface area contributed by atoms with Crippen molar-refractivity contribution < 1.29 is 18.7 Å². The second-order valence-corrected chi connectivity index (χ2v) is 7.69. The molecule has 1 unspecified atom stereocenters. The van der Waals surface area contributed by atoms with Crippen LogP contribution < -0.4 is 15.9 Å². The molecule has 2 aromatic heterocycles. The lowest BCUT2D eigenvalue weighted by Crippen LogP contribution is -2.29. The topological polar surface area (TPSA) is 116 Å². The van der Waals surface area contributed by atoms with E-state index < -0.39 is 11.9 Å². The molecule has 1 aliphatic heterocycles. The number of para-hydroxylation sites is 1. The molecule has 4 aromatic rings. The average Bonchev–Trinajstić information content (AvgIpc) is 3.10. The highest BCUT2D eigenvalue weighted by molar-refractivity contribution is 5.99. The monoisotopic (exact) mass is 441 g/mol. The van der Waals surface area contributed by atoms with Gasteiger partial charge in [0.1, 0.15) is 11.3 Å². The fourth-order valence-corrected chi connectivity index (χ4v) is 4.07. The van der Waals surface area contributed by atoms with E-state index in [0.29, 0.717) is 27.8 Å². The fourth-order valence-electron chi connectivity index (χ4n) is 4.07. The second kappa shape index (κ2) is 8.23. The summed E-state index contributed by atoms with van der Waals surface area (Å²) < 4.78 is 11.3. The smallest absolute Gasteiger partial charge is 0.291 e. The van der Waals surface area contributed by atoms with Gasteiger partial charge in [0.05, 0.1) is 17.0 Å². The SMILES string of the molecule is NC(=O)COc1ccc(C2c3c(oc4ccccc4c3=O)C(=O)N2Cc2cccnc2)cc1. The van der Waals surface area contributed by atoms with E-state index in [0.717, 1.165) is 5.56 Å². The predicted octanol–water partition coefficient (Wildman–Crippen LogP) is 2.80. The Morgan fingerprint density at radius 2 is 1.85 bits per heavy atom. The number of nitrogens with two attached hydrogens (primary N) is 1. The van der Waals surface area contributed by atoms with Crippen LogP contribution in [0.3, 0.4) is 0 Å². The van der Waals surface area contributed by atoms with Crippen molar-refractivity contribution in [1.82, 2.24) is 9.88 Å². The van der Waals surface area contributed by atoms with Crippen LogP contribution in [-0.2, 0) is 11.3 Å². The number of pyridine rings is 1. The number of benzene rings is 2. The first-order chi connectivity index (χ1) is 16.0. The van der Waals surface area contributed by atoms with Crippen molar-refractivity contribution in [1.29, 1.82) is 0 Å². The Labute approximate surface area is 188 Å². The molecule has 0 radical (unpaired) electrons. The van der Waals surface area contributed by atoms with Gasteiger partial charge in [-0.2, -0.15) is 0 Å². The molecule has 2 N–H and O–H groups in total. The number of primary amides is 1. The molecule has 0 saturated carbocycles. The van der Waals surface area contributed by atoms with Crippen LogP contribution in [0, 0.1) is 0 Å². The van der Waals surface area contributed by atoms with Gasteiger partial charge in [-0.1, -0.05) is 30.3 Å². The largest absolute Gasteiger partial charge is 0.484 e. The fraction of sp³-hybridized carbons (Fsp3) is 0.120. The maximum atomic E-state index is 13.5. The van der Waals surface area contributed by atoms with Gasteiger partial charge in [-0.25, -0.2) is 0 Å². The van der Waals surface area contributed by atoms with E-state index in [-0.39, 0.29) is 30.2 Å². The van der Waals surface area contributed by atoms with Gasteiger partial charge in [0.25, 0.3) is 11.8 Å². The summed E-state index contributed by atoms with van der Waals surface area (Å²) in [7, 11) is 0. The minimum Gasteiger partial charge on any atom is -0.484 e. The molecule has 8 nitrogen and oxygen atoms in total. The van der Waals surface area contributed by atoms with Crippen molar-refractivity contribution in [2.75, 3.05) is 6.61 Å². The van der Waals surface area contributed by atoms with E-state index in [1.165, 1.54) is 0 Å². The molecule has 164 valence electrons. The van der Waals surface area contributed by atoms with Crippen LogP contribution in [0.5, 0.6) is 5.75 Å². The van der Waals surface area contributed by atoms with Gasteiger partial charge < -0.3 is 19.8 Å². The maximum Gasteiger partial charge on any atom is 0.291 e. The van der Waals surface area contributed by atoms with Gasteiger partial charge in [-0.3, -0.25) is 19.4 Å². The van der Waals surface area contributed by atoms with Crippen LogP contribution in [-0.4, -0.2) is 28.3 Å².